The number of hydrogen-bond acceptors (Lipinski definition) is 5. The Balaban J connectivity index is 1.35. The molecule has 5 rings (SSSR count). The number of ketones is 1. The fraction of sp³-hybridized carbons (Fsp3) is 0.174. The summed E-state index contributed by atoms with van der Waals surface area (Å²) >= 11 is 12.3. The Kier molecular flexibility index (Phi) is 5.03. The smallest absolute Gasteiger partial charge is 0.232 e. The fourth-order valence-electron chi connectivity index (χ4n) is 3.65. The van der Waals surface area contributed by atoms with E-state index in [0.717, 1.165) is 29.8 Å². The standard InChI is InChI=1S/C23H17Cl2NO4/c24-15-4-3-14(19(25)10-15)7-8-26-12-18-20(29-13-26)6-5-17-22(27)21(30-23(17)18)11-16-2-1-9-28-16/h1-6,9-11H,7-8,12-13H2/b21-11-. The van der Waals surface area contributed by atoms with E-state index < -0.39 is 0 Å². The number of Topliss-reactive ketones (excluding diaryl/α,β-unsaturated/α-hetero) is 1. The van der Waals surface area contributed by atoms with Crippen LogP contribution in [-0.2, 0) is 13.0 Å². The number of carbonyl (C=O) groups is 1. The van der Waals surface area contributed by atoms with E-state index in [4.69, 9.17) is 37.1 Å². The Labute approximate surface area is 183 Å². The van der Waals surface area contributed by atoms with Crippen molar-refractivity contribution >= 4 is 35.1 Å². The molecule has 7 heteroatoms. The summed E-state index contributed by atoms with van der Waals surface area (Å²) in [6.45, 7) is 1.82. The monoisotopic (exact) mass is 441 g/mol. The molecule has 2 aromatic carbocycles. The van der Waals surface area contributed by atoms with Gasteiger partial charge in [0.25, 0.3) is 0 Å². The van der Waals surface area contributed by atoms with Crippen LogP contribution in [0.5, 0.6) is 11.5 Å². The highest BCUT2D eigenvalue weighted by molar-refractivity contribution is 6.35. The first kappa shape index (κ1) is 19.2. The minimum atomic E-state index is -0.158. The van der Waals surface area contributed by atoms with E-state index in [2.05, 4.69) is 4.90 Å². The van der Waals surface area contributed by atoms with Crippen LogP contribution in [0.2, 0.25) is 10.0 Å². The quantitative estimate of drug-likeness (QED) is 0.493. The van der Waals surface area contributed by atoms with Crippen LogP contribution in [0.4, 0.5) is 0 Å². The number of halogens is 2. The third kappa shape index (κ3) is 3.60. The second kappa shape index (κ2) is 7.84. The number of nitrogens with zero attached hydrogens (tertiary/aromatic N) is 1. The summed E-state index contributed by atoms with van der Waals surface area (Å²) < 4.78 is 17.2. The molecule has 0 aliphatic carbocycles. The van der Waals surface area contributed by atoms with Crippen molar-refractivity contribution < 1.29 is 18.7 Å². The summed E-state index contributed by atoms with van der Waals surface area (Å²) in [6, 6.07) is 12.6. The molecule has 3 aromatic rings. The van der Waals surface area contributed by atoms with Crippen molar-refractivity contribution in [2.24, 2.45) is 0 Å². The molecule has 0 atom stereocenters. The van der Waals surface area contributed by atoms with Gasteiger partial charge in [0.2, 0.25) is 5.78 Å². The third-order valence-corrected chi connectivity index (χ3v) is 5.80. The first-order valence-electron chi connectivity index (χ1n) is 9.51. The average molecular weight is 442 g/mol. The Hall–Kier alpha value is -2.73. The van der Waals surface area contributed by atoms with Gasteiger partial charge in [0.1, 0.15) is 24.0 Å². The SMILES string of the molecule is O=C1/C(=C/c2ccco2)Oc2c1ccc1c2CN(CCc2ccc(Cl)cc2Cl)CO1. The lowest BCUT2D eigenvalue weighted by Gasteiger charge is -2.29. The van der Waals surface area contributed by atoms with Crippen LogP contribution in [0.15, 0.2) is 58.9 Å². The Morgan fingerprint density at radius 1 is 1.13 bits per heavy atom. The van der Waals surface area contributed by atoms with Crippen molar-refractivity contribution in [1.29, 1.82) is 0 Å². The molecule has 0 bridgehead atoms. The maximum Gasteiger partial charge on any atom is 0.232 e. The molecule has 0 N–H and O–H groups in total. The highest BCUT2D eigenvalue weighted by Crippen LogP contribution is 2.42. The molecule has 0 amide bonds. The maximum absolute atomic E-state index is 12.8. The summed E-state index contributed by atoms with van der Waals surface area (Å²) in [4.78, 5) is 14.9. The Morgan fingerprint density at radius 2 is 2.03 bits per heavy atom. The summed E-state index contributed by atoms with van der Waals surface area (Å²) in [6.07, 6.45) is 3.92. The van der Waals surface area contributed by atoms with Gasteiger partial charge in [-0.3, -0.25) is 9.69 Å². The number of carbonyl (C=O) groups excluding carboxylic acids is 1. The molecule has 0 radical (unpaired) electrons. The van der Waals surface area contributed by atoms with Crippen molar-refractivity contribution in [2.75, 3.05) is 13.3 Å². The molecule has 30 heavy (non-hydrogen) atoms. The topological polar surface area (TPSA) is 51.9 Å². The van der Waals surface area contributed by atoms with Crippen molar-refractivity contribution in [3.63, 3.8) is 0 Å². The Morgan fingerprint density at radius 3 is 2.83 bits per heavy atom. The minimum absolute atomic E-state index is 0.158. The van der Waals surface area contributed by atoms with Gasteiger partial charge in [-0.1, -0.05) is 29.3 Å². The van der Waals surface area contributed by atoms with Gasteiger partial charge in [-0.15, -0.1) is 0 Å². The lowest BCUT2D eigenvalue weighted by molar-refractivity contribution is 0.0950. The van der Waals surface area contributed by atoms with Crippen LogP contribution in [0.1, 0.15) is 27.2 Å². The van der Waals surface area contributed by atoms with Crippen molar-refractivity contribution in [1.82, 2.24) is 4.90 Å². The number of hydrogen-bond donors (Lipinski definition) is 0. The average Bonchev–Trinajstić information content (AvgIpc) is 3.36. The largest absolute Gasteiger partial charge is 0.478 e. The number of furan rings is 1. The van der Waals surface area contributed by atoms with E-state index in [1.54, 1.807) is 36.6 Å². The molecule has 152 valence electrons. The molecule has 1 aromatic heterocycles. The normalized spacial score (nSPS) is 16.9. The summed E-state index contributed by atoms with van der Waals surface area (Å²) in [5.41, 5.74) is 2.44. The first-order chi connectivity index (χ1) is 14.6. The van der Waals surface area contributed by atoms with E-state index in [9.17, 15) is 4.79 Å². The molecule has 5 nitrogen and oxygen atoms in total. The number of rotatable bonds is 4. The number of ether oxygens (including phenoxy) is 2. The van der Waals surface area contributed by atoms with Gasteiger partial charge in [-0.05, 0) is 48.4 Å². The van der Waals surface area contributed by atoms with E-state index >= 15 is 0 Å². The molecule has 3 heterocycles. The van der Waals surface area contributed by atoms with Gasteiger partial charge < -0.3 is 13.9 Å². The zero-order valence-corrected chi connectivity index (χ0v) is 17.4. The minimum Gasteiger partial charge on any atom is -0.478 e. The lowest BCUT2D eigenvalue weighted by Crippen LogP contribution is -2.33. The zero-order valence-electron chi connectivity index (χ0n) is 15.9. The molecule has 0 saturated heterocycles. The van der Waals surface area contributed by atoms with Gasteiger partial charge in [0.05, 0.1) is 17.4 Å². The van der Waals surface area contributed by atoms with E-state index in [1.165, 1.54) is 0 Å². The van der Waals surface area contributed by atoms with Gasteiger partial charge in [-0.2, -0.15) is 0 Å². The second-order valence-corrected chi connectivity index (χ2v) is 8.03. The summed E-state index contributed by atoms with van der Waals surface area (Å²) in [5, 5.41) is 1.28. The van der Waals surface area contributed by atoms with Gasteiger partial charge in [0.15, 0.2) is 5.76 Å². The molecule has 0 unspecified atom stereocenters. The van der Waals surface area contributed by atoms with Gasteiger partial charge in [-0.25, -0.2) is 0 Å². The summed E-state index contributed by atoms with van der Waals surface area (Å²) in [5.74, 6) is 1.96. The molecule has 0 fully saturated rings. The highest BCUT2D eigenvalue weighted by Gasteiger charge is 2.33. The van der Waals surface area contributed by atoms with Crippen LogP contribution in [0.25, 0.3) is 6.08 Å². The predicted molar refractivity (Wildman–Crippen MR) is 114 cm³/mol. The van der Waals surface area contributed by atoms with Crippen molar-refractivity contribution in [2.45, 2.75) is 13.0 Å². The number of fused-ring (bicyclic) bond motifs is 3. The third-order valence-electron chi connectivity index (χ3n) is 5.21. The van der Waals surface area contributed by atoms with Crippen LogP contribution in [0.3, 0.4) is 0 Å². The predicted octanol–water partition coefficient (Wildman–Crippen LogP) is 5.60. The molecular weight excluding hydrogens is 425 g/mol. The van der Waals surface area contributed by atoms with Gasteiger partial charge in [0, 0.05) is 29.2 Å². The Bertz CT molecular complexity index is 1150. The highest BCUT2D eigenvalue weighted by atomic mass is 35.5. The number of benzene rings is 2. The van der Waals surface area contributed by atoms with E-state index in [0.29, 0.717) is 40.4 Å². The molecule has 2 aliphatic heterocycles. The zero-order chi connectivity index (χ0) is 20.7. The molecule has 0 spiro atoms. The second-order valence-electron chi connectivity index (χ2n) is 7.19. The lowest BCUT2D eigenvalue weighted by atomic mass is 10.0. The fourth-order valence-corrected chi connectivity index (χ4v) is 4.16. The van der Waals surface area contributed by atoms with Crippen LogP contribution >= 0.6 is 23.2 Å². The number of allylic oxidation sites excluding steroid dienone is 1. The molecular formula is C23H17Cl2NO4. The molecule has 0 saturated carbocycles. The van der Waals surface area contributed by atoms with E-state index in [1.807, 2.05) is 18.2 Å². The van der Waals surface area contributed by atoms with Crippen LogP contribution in [0, 0.1) is 0 Å². The van der Waals surface area contributed by atoms with Crippen molar-refractivity contribution in [3.8, 4) is 11.5 Å². The molecule has 2 aliphatic rings. The van der Waals surface area contributed by atoms with E-state index in [-0.39, 0.29) is 11.5 Å². The summed E-state index contributed by atoms with van der Waals surface area (Å²) in [7, 11) is 0. The van der Waals surface area contributed by atoms with Crippen LogP contribution < -0.4 is 9.47 Å². The first-order valence-corrected chi connectivity index (χ1v) is 10.3. The van der Waals surface area contributed by atoms with Crippen LogP contribution in [-0.4, -0.2) is 24.0 Å². The van der Waals surface area contributed by atoms with Crippen molar-refractivity contribution in [3.05, 3.63) is 87.0 Å². The maximum atomic E-state index is 12.8. The van der Waals surface area contributed by atoms with Gasteiger partial charge >= 0.3 is 0 Å².